The van der Waals surface area contributed by atoms with Crippen LogP contribution in [0.25, 0.3) is 0 Å². The maximum atomic E-state index is 12.3. The van der Waals surface area contributed by atoms with Crippen LogP contribution in [-0.4, -0.2) is 36.4 Å². The van der Waals surface area contributed by atoms with E-state index in [-0.39, 0.29) is 25.2 Å². The van der Waals surface area contributed by atoms with Crippen LogP contribution in [-0.2, 0) is 19.1 Å². The molecule has 0 fully saturated rings. The van der Waals surface area contributed by atoms with Gasteiger partial charge in [-0.2, -0.15) is 0 Å². The summed E-state index contributed by atoms with van der Waals surface area (Å²) in [6.07, 6.45) is 77.2. The van der Waals surface area contributed by atoms with Crippen LogP contribution in [0.1, 0.15) is 335 Å². The van der Waals surface area contributed by atoms with Gasteiger partial charge in [-0.05, 0) is 70.6 Å². The second-order valence-corrected chi connectivity index (χ2v) is 20.8. The van der Waals surface area contributed by atoms with Crippen LogP contribution in [0, 0.1) is 0 Å². The summed E-state index contributed by atoms with van der Waals surface area (Å²) in [5.41, 5.74) is 0. The number of rotatable bonds is 57. The summed E-state index contributed by atoms with van der Waals surface area (Å²) in [6.45, 7) is 4.16. The minimum atomic E-state index is -0.772. The van der Waals surface area contributed by atoms with Crippen LogP contribution in [0.5, 0.6) is 0 Å². The van der Waals surface area contributed by atoms with Crippen molar-refractivity contribution in [3.05, 3.63) is 36.5 Å². The Morgan fingerprint density at radius 2 is 0.588 bits per heavy atom. The average Bonchev–Trinajstić information content (AvgIpc) is 3.34. The summed E-state index contributed by atoms with van der Waals surface area (Å²) in [5.74, 6) is -0.579. The highest BCUT2D eigenvalue weighted by Gasteiger charge is 2.16. The second kappa shape index (κ2) is 59.4. The third-order valence-corrected chi connectivity index (χ3v) is 13.9. The first-order chi connectivity index (χ1) is 33.6. The van der Waals surface area contributed by atoms with Gasteiger partial charge in [0, 0.05) is 12.8 Å². The Bertz CT molecular complexity index is 1080. The first kappa shape index (κ1) is 66.1. The van der Waals surface area contributed by atoms with E-state index in [1.165, 1.54) is 263 Å². The predicted molar refractivity (Wildman–Crippen MR) is 298 cm³/mol. The quantitative estimate of drug-likeness (QED) is 0.0374. The first-order valence-electron chi connectivity index (χ1n) is 30.5. The molecule has 1 N–H and O–H groups in total. The summed E-state index contributed by atoms with van der Waals surface area (Å²) < 4.78 is 10.7. The molecule has 0 aromatic rings. The van der Waals surface area contributed by atoms with E-state index < -0.39 is 6.10 Å². The van der Waals surface area contributed by atoms with Gasteiger partial charge in [-0.3, -0.25) is 9.59 Å². The van der Waals surface area contributed by atoms with Crippen molar-refractivity contribution in [2.24, 2.45) is 0 Å². The summed E-state index contributed by atoms with van der Waals surface area (Å²) >= 11 is 0. The average molecular weight is 956 g/mol. The van der Waals surface area contributed by atoms with E-state index in [0.29, 0.717) is 12.8 Å². The molecule has 5 nitrogen and oxygen atoms in total. The molecule has 0 saturated carbocycles. The van der Waals surface area contributed by atoms with Crippen molar-refractivity contribution in [2.75, 3.05) is 13.2 Å². The van der Waals surface area contributed by atoms with Crippen molar-refractivity contribution in [3.63, 3.8) is 0 Å². The molecule has 0 amide bonds. The zero-order chi connectivity index (χ0) is 49.2. The molecule has 0 aromatic heterocycles. The fourth-order valence-electron chi connectivity index (χ4n) is 9.29. The number of hydrogen-bond donors (Lipinski definition) is 1. The molecule has 1 atom stereocenters. The van der Waals surface area contributed by atoms with Crippen LogP contribution >= 0.6 is 0 Å². The fourth-order valence-corrected chi connectivity index (χ4v) is 9.29. The lowest BCUT2D eigenvalue weighted by atomic mass is 10.0. The molecule has 0 bridgehead atoms. The molecule has 0 aromatic carbocycles. The lowest BCUT2D eigenvalue weighted by Crippen LogP contribution is -2.28. The zero-order valence-electron chi connectivity index (χ0n) is 45.9. The monoisotopic (exact) mass is 955 g/mol. The molecule has 0 saturated heterocycles. The minimum absolute atomic E-state index is 0.0631. The van der Waals surface area contributed by atoms with Gasteiger partial charge in [-0.25, -0.2) is 0 Å². The van der Waals surface area contributed by atoms with Crippen molar-refractivity contribution in [3.8, 4) is 0 Å². The highest BCUT2D eigenvalue weighted by molar-refractivity contribution is 5.70. The molecule has 0 aliphatic rings. The normalized spacial score (nSPS) is 12.3. The number of esters is 2. The van der Waals surface area contributed by atoms with Crippen LogP contribution in [0.4, 0.5) is 0 Å². The number of aliphatic hydroxyl groups excluding tert-OH is 1. The Morgan fingerprint density at radius 3 is 0.912 bits per heavy atom. The second-order valence-electron chi connectivity index (χ2n) is 20.8. The Labute approximate surface area is 425 Å². The SMILES string of the molecule is CCCCC/C=C\C/C=C\CCCCCCCCCCCC(=O)OC(CO)COC(=O)CCCCCCCCCCCCCCCCCCCCCCCCC/C=C\CCCCCCCCCC. The topological polar surface area (TPSA) is 72.8 Å². The third kappa shape index (κ3) is 56.7. The van der Waals surface area contributed by atoms with Gasteiger partial charge in [0.25, 0.3) is 0 Å². The van der Waals surface area contributed by atoms with Crippen LogP contribution in [0.15, 0.2) is 36.5 Å². The molecule has 0 heterocycles. The maximum Gasteiger partial charge on any atom is 0.306 e. The summed E-state index contributed by atoms with van der Waals surface area (Å²) in [6, 6.07) is 0. The number of carbonyl (C=O) groups excluding carboxylic acids is 2. The number of aliphatic hydroxyl groups is 1. The van der Waals surface area contributed by atoms with E-state index in [1.807, 2.05) is 0 Å². The summed E-state index contributed by atoms with van der Waals surface area (Å²) in [4.78, 5) is 24.5. The van der Waals surface area contributed by atoms with Gasteiger partial charge >= 0.3 is 11.9 Å². The zero-order valence-corrected chi connectivity index (χ0v) is 45.9. The van der Waals surface area contributed by atoms with Crippen molar-refractivity contribution in [1.29, 1.82) is 0 Å². The molecule has 0 radical (unpaired) electrons. The molecule has 400 valence electrons. The minimum Gasteiger partial charge on any atom is -0.462 e. The Kier molecular flexibility index (Phi) is 57.8. The Balaban J connectivity index is 3.39. The van der Waals surface area contributed by atoms with Crippen molar-refractivity contribution >= 4 is 11.9 Å². The van der Waals surface area contributed by atoms with Gasteiger partial charge in [0.2, 0.25) is 0 Å². The molecular formula is C63H118O5. The van der Waals surface area contributed by atoms with Gasteiger partial charge in [0.1, 0.15) is 6.61 Å². The lowest BCUT2D eigenvalue weighted by molar-refractivity contribution is -0.161. The summed E-state index contributed by atoms with van der Waals surface area (Å²) in [7, 11) is 0. The highest BCUT2D eigenvalue weighted by atomic mass is 16.6. The number of ether oxygens (including phenoxy) is 2. The van der Waals surface area contributed by atoms with Gasteiger partial charge < -0.3 is 14.6 Å². The number of carbonyl (C=O) groups is 2. The molecule has 1 unspecified atom stereocenters. The number of unbranched alkanes of at least 4 members (excludes halogenated alkanes) is 43. The predicted octanol–water partition coefficient (Wildman–Crippen LogP) is 20.6. The molecule has 0 spiro atoms. The summed E-state index contributed by atoms with van der Waals surface area (Å²) in [5, 5.41) is 9.65. The largest absolute Gasteiger partial charge is 0.462 e. The Morgan fingerprint density at radius 1 is 0.338 bits per heavy atom. The molecular weight excluding hydrogens is 837 g/mol. The molecule has 0 aliphatic heterocycles. The van der Waals surface area contributed by atoms with Gasteiger partial charge in [0.05, 0.1) is 6.61 Å². The van der Waals surface area contributed by atoms with E-state index in [9.17, 15) is 14.7 Å². The lowest BCUT2D eigenvalue weighted by Gasteiger charge is -2.15. The van der Waals surface area contributed by atoms with E-state index in [0.717, 1.165) is 44.9 Å². The van der Waals surface area contributed by atoms with Gasteiger partial charge in [0.15, 0.2) is 6.10 Å². The molecule has 0 aliphatic carbocycles. The fraction of sp³-hybridized carbons (Fsp3) is 0.873. The van der Waals surface area contributed by atoms with E-state index in [2.05, 4.69) is 50.3 Å². The number of hydrogen-bond acceptors (Lipinski definition) is 5. The van der Waals surface area contributed by atoms with E-state index in [1.54, 1.807) is 0 Å². The van der Waals surface area contributed by atoms with Gasteiger partial charge in [-0.15, -0.1) is 0 Å². The smallest absolute Gasteiger partial charge is 0.306 e. The van der Waals surface area contributed by atoms with E-state index in [4.69, 9.17) is 9.47 Å². The Hall–Kier alpha value is -1.88. The third-order valence-electron chi connectivity index (χ3n) is 13.9. The molecule has 5 heteroatoms. The standard InChI is InChI=1S/C63H118O5/c1-3-5-7-9-11-13-15-17-19-21-23-24-25-26-27-28-29-30-31-32-33-34-35-36-37-38-40-41-43-45-47-49-51-53-55-57-62(65)67-60-61(59-64)68-63(66)58-56-54-52-50-48-46-44-42-39-22-20-18-16-14-12-10-8-6-4-2/h12,14,18,20-21,23,61,64H,3-11,13,15-17,19,22,24-60H2,1-2H3/b14-12-,20-18-,23-21-. The van der Waals surface area contributed by atoms with Crippen molar-refractivity contribution < 1.29 is 24.2 Å². The molecule has 0 rings (SSSR count). The number of allylic oxidation sites excluding steroid dienone is 6. The first-order valence-corrected chi connectivity index (χ1v) is 30.5. The van der Waals surface area contributed by atoms with Crippen LogP contribution < -0.4 is 0 Å². The van der Waals surface area contributed by atoms with E-state index >= 15 is 0 Å². The molecule has 68 heavy (non-hydrogen) atoms. The highest BCUT2D eigenvalue weighted by Crippen LogP contribution is 2.18. The van der Waals surface area contributed by atoms with Crippen LogP contribution in [0.2, 0.25) is 0 Å². The van der Waals surface area contributed by atoms with Crippen molar-refractivity contribution in [1.82, 2.24) is 0 Å². The van der Waals surface area contributed by atoms with Crippen LogP contribution in [0.3, 0.4) is 0 Å². The van der Waals surface area contributed by atoms with Crippen molar-refractivity contribution in [2.45, 2.75) is 341 Å². The maximum absolute atomic E-state index is 12.3. The van der Waals surface area contributed by atoms with Gasteiger partial charge in [-0.1, -0.05) is 288 Å².